The average molecular weight is 397 g/mol. The molecule has 0 spiro atoms. The van der Waals surface area contributed by atoms with Crippen molar-refractivity contribution in [1.82, 2.24) is 9.55 Å². The zero-order chi connectivity index (χ0) is 20.5. The highest BCUT2D eigenvalue weighted by Crippen LogP contribution is 2.37. The van der Waals surface area contributed by atoms with E-state index in [1.165, 1.54) is 5.56 Å². The van der Waals surface area contributed by atoms with Crippen molar-refractivity contribution < 1.29 is 9.53 Å². The minimum absolute atomic E-state index is 0.0264. The number of anilines is 1. The van der Waals surface area contributed by atoms with Gasteiger partial charge in [0.05, 0.1) is 23.8 Å². The van der Waals surface area contributed by atoms with Gasteiger partial charge in [-0.25, -0.2) is 4.98 Å². The molecule has 0 bridgehead atoms. The molecule has 2 heterocycles. The van der Waals surface area contributed by atoms with Crippen LogP contribution in [0.3, 0.4) is 0 Å². The highest BCUT2D eigenvalue weighted by molar-refractivity contribution is 5.97. The first-order valence-corrected chi connectivity index (χ1v) is 10.2. The van der Waals surface area contributed by atoms with E-state index < -0.39 is 0 Å². The smallest absolute Gasteiger partial charge is 0.227 e. The maximum absolute atomic E-state index is 12.9. The molecule has 4 aromatic rings. The molecule has 1 atom stereocenters. The summed E-state index contributed by atoms with van der Waals surface area (Å²) in [5.74, 6) is 1.80. The van der Waals surface area contributed by atoms with E-state index in [1.807, 2.05) is 53.4 Å². The summed E-state index contributed by atoms with van der Waals surface area (Å²) in [6.07, 6.45) is 0.441. The Labute approximate surface area is 175 Å². The Bertz CT molecular complexity index is 1200. The first-order valence-electron chi connectivity index (χ1n) is 10.2. The molecule has 0 N–H and O–H groups in total. The van der Waals surface area contributed by atoms with Crippen molar-refractivity contribution in [2.45, 2.75) is 18.9 Å². The summed E-state index contributed by atoms with van der Waals surface area (Å²) in [6, 6.07) is 26.2. The maximum atomic E-state index is 12.9. The lowest BCUT2D eigenvalue weighted by atomic mass is 10.1. The van der Waals surface area contributed by atoms with Gasteiger partial charge in [-0.2, -0.15) is 0 Å². The lowest BCUT2D eigenvalue weighted by molar-refractivity contribution is -0.117. The predicted octanol–water partition coefficient (Wildman–Crippen LogP) is 4.61. The highest BCUT2D eigenvalue weighted by Gasteiger charge is 2.35. The van der Waals surface area contributed by atoms with Crippen molar-refractivity contribution in [1.29, 1.82) is 0 Å². The molecule has 1 aromatic heterocycles. The van der Waals surface area contributed by atoms with E-state index in [4.69, 9.17) is 9.72 Å². The zero-order valence-electron chi connectivity index (χ0n) is 16.9. The van der Waals surface area contributed by atoms with Crippen molar-refractivity contribution >= 4 is 22.6 Å². The number of carbonyl (C=O) groups is 1. The van der Waals surface area contributed by atoms with Crippen LogP contribution in [0.5, 0.6) is 5.75 Å². The van der Waals surface area contributed by atoms with E-state index in [0.717, 1.165) is 29.1 Å². The van der Waals surface area contributed by atoms with Gasteiger partial charge in [0.2, 0.25) is 5.91 Å². The molecule has 5 rings (SSSR count). The standard InChI is InChI=1S/C25H23N3O2/c1-30-23-14-8-7-13-22(23)27-17-19(15-24(27)29)25-26-20-11-5-6-12-21(20)28(25)16-18-9-3-2-4-10-18/h2-14,19H,15-17H2,1H3. The van der Waals surface area contributed by atoms with E-state index in [-0.39, 0.29) is 11.8 Å². The second-order valence-electron chi connectivity index (χ2n) is 7.61. The summed E-state index contributed by atoms with van der Waals surface area (Å²) in [5.41, 5.74) is 4.09. The molecule has 1 amide bonds. The molecule has 5 heteroatoms. The fourth-order valence-corrected chi connectivity index (χ4v) is 4.30. The Morgan fingerprint density at radius 3 is 2.53 bits per heavy atom. The van der Waals surface area contributed by atoms with E-state index in [9.17, 15) is 4.79 Å². The van der Waals surface area contributed by atoms with Crippen molar-refractivity contribution in [3.63, 3.8) is 0 Å². The topological polar surface area (TPSA) is 47.4 Å². The van der Waals surface area contributed by atoms with E-state index in [0.29, 0.717) is 18.7 Å². The first-order chi connectivity index (χ1) is 14.7. The van der Waals surface area contributed by atoms with Crippen LogP contribution in [0.2, 0.25) is 0 Å². The van der Waals surface area contributed by atoms with Crippen molar-refractivity contribution in [3.8, 4) is 5.75 Å². The van der Waals surface area contributed by atoms with E-state index in [1.54, 1.807) is 7.11 Å². The van der Waals surface area contributed by atoms with Gasteiger partial charge in [0.25, 0.3) is 0 Å². The van der Waals surface area contributed by atoms with Crippen LogP contribution in [-0.4, -0.2) is 29.1 Å². The van der Waals surface area contributed by atoms with Crippen molar-refractivity contribution in [3.05, 3.63) is 90.3 Å². The third kappa shape index (κ3) is 3.22. The summed E-state index contributed by atoms with van der Waals surface area (Å²) in [7, 11) is 1.64. The Kier molecular flexibility index (Phi) is 4.71. The third-order valence-corrected chi connectivity index (χ3v) is 5.73. The number of ether oxygens (including phenoxy) is 1. The van der Waals surface area contributed by atoms with Crippen molar-refractivity contribution in [2.75, 3.05) is 18.6 Å². The van der Waals surface area contributed by atoms with Gasteiger partial charge < -0.3 is 14.2 Å². The van der Waals surface area contributed by atoms with Gasteiger partial charge in [-0.1, -0.05) is 54.6 Å². The number of rotatable bonds is 5. The van der Waals surface area contributed by atoms with Crippen LogP contribution < -0.4 is 9.64 Å². The molecular formula is C25H23N3O2. The van der Waals surface area contributed by atoms with Crippen LogP contribution in [0, 0.1) is 0 Å². The Morgan fingerprint density at radius 2 is 1.70 bits per heavy atom. The second kappa shape index (κ2) is 7.67. The number of benzene rings is 3. The van der Waals surface area contributed by atoms with Gasteiger partial charge in [0.15, 0.2) is 0 Å². The van der Waals surface area contributed by atoms with Crippen LogP contribution >= 0.6 is 0 Å². The quantitative estimate of drug-likeness (QED) is 0.494. The Morgan fingerprint density at radius 1 is 0.967 bits per heavy atom. The Hall–Kier alpha value is -3.60. The third-order valence-electron chi connectivity index (χ3n) is 5.73. The minimum atomic E-state index is 0.0264. The van der Waals surface area contributed by atoms with Gasteiger partial charge in [-0.15, -0.1) is 0 Å². The molecule has 0 radical (unpaired) electrons. The van der Waals surface area contributed by atoms with Gasteiger partial charge in [-0.05, 0) is 29.8 Å². The molecule has 0 aliphatic carbocycles. The van der Waals surface area contributed by atoms with Crippen LogP contribution in [0.1, 0.15) is 23.7 Å². The molecule has 150 valence electrons. The molecule has 1 unspecified atom stereocenters. The monoisotopic (exact) mass is 397 g/mol. The van der Waals surface area contributed by atoms with Gasteiger partial charge in [0.1, 0.15) is 11.6 Å². The summed E-state index contributed by atoms with van der Waals surface area (Å²) in [4.78, 5) is 19.7. The molecule has 3 aromatic carbocycles. The molecule has 0 saturated carbocycles. The fourth-order valence-electron chi connectivity index (χ4n) is 4.30. The molecule has 1 aliphatic rings. The molecule has 1 fully saturated rings. The molecule has 1 aliphatic heterocycles. The number of amides is 1. The number of methoxy groups -OCH3 is 1. The second-order valence-corrected chi connectivity index (χ2v) is 7.61. The summed E-state index contributed by atoms with van der Waals surface area (Å²) < 4.78 is 7.74. The molecule has 5 nitrogen and oxygen atoms in total. The van der Waals surface area contributed by atoms with Crippen molar-refractivity contribution in [2.24, 2.45) is 0 Å². The molecule has 1 saturated heterocycles. The number of fused-ring (bicyclic) bond motifs is 1. The average Bonchev–Trinajstić information content (AvgIpc) is 3.35. The summed E-state index contributed by atoms with van der Waals surface area (Å²) in [6.45, 7) is 1.33. The summed E-state index contributed by atoms with van der Waals surface area (Å²) >= 11 is 0. The normalized spacial score (nSPS) is 16.4. The van der Waals surface area contributed by atoms with Crippen LogP contribution in [0.15, 0.2) is 78.9 Å². The number of carbonyl (C=O) groups excluding carboxylic acids is 1. The van der Waals surface area contributed by atoms with Crippen LogP contribution in [0.4, 0.5) is 5.69 Å². The number of aromatic nitrogens is 2. The van der Waals surface area contributed by atoms with Crippen LogP contribution in [0.25, 0.3) is 11.0 Å². The number of hydrogen-bond acceptors (Lipinski definition) is 3. The number of imidazole rings is 1. The SMILES string of the molecule is COc1ccccc1N1CC(c2nc3ccccc3n2Cc2ccccc2)CC1=O. The number of nitrogens with zero attached hydrogens (tertiary/aromatic N) is 3. The Balaban J connectivity index is 1.53. The van der Waals surface area contributed by atoms with Gasteiger partial charge >= 0.3 is 0 Å². The lowest BCUT2D eigenvalue weighted by Crippen LogP contribution is -2.25. The van der Waals surface area contributed by atoms with Gasteiger partial charge in [0, 0.05) is 25.4 Å². The number of para-hydroxylation sites is 4. The summed E-state index contributed by atoms with van der Waals surface area (Å²) in [5, 5.41) is 0. The first kappa shape index (κ1) is 18.4. The minimum Gasteiger partial charge on any atom is -0.495 e. The van der Waals surface area contributed by atoms with Crippen LogP contribution in [-0.2, 0) is 11.3 Å². The maximum Gasteiger partial charge on any atom is 0.227 e. The predicted molar refractivity (Wildman–Crippen MR) is 118 cm³/mol. The fraction of sp³-hybridized carbons (Fsp3) is 0.200. The molecular weight excluding hydrogens is 374 g/mol. The lowest BCUT2D eigenvalue weighted by Gasteiger charge is -2.19. The van der Waals surface area contributed by atoms with Gasteiger partial charge in [-0.3, -0.25) is 4.79 Å². The number of hydrogen-bond donors (Lipinski definition) is 0. The van der Waals surface area contributed by atoms with E-state index in [2.05, 4.69) is 34.9 Å². The zero-order valence-corrected chi connectivity index (χ0v) is 16.9. The van der Waals surface area contributed by atoms with E-state index >= 15 is 0 Å². The highest BCUT2D eigenvalue weighted by atomic mass is 16.5. The molecule has 30 heavy (non-hydrogen) atoms. The largest absolute Gasteiger partial charge is 0.495 e.